The van der Waals surface area contributed by atoms with Gasteiger partial charge in [0.1, 0.15) is 0 Å². The molecule has 1 saturated heterocycles. The fourth-order valence-electron chi connectivity index (χ4n) is 4.88. The van der Waals surface area contributed by atoms with E-state index in [4.69, 9.17) is 0 Å². The molecule has 1 fully saturated rings. The van der Waals surface area contributed by atoms with E-state index in [1.54, 1.807) is 11.8 Å². The van der Waals surface area contributed by atoms with Crippen LogP contribution in [0.4, 0.5) is 10.5 Å². The number of piperazine rings is 1. The van der Waals surface area contributed by atoms with Gasteiger partial charge in [-0.3, -0.25) is 9.69 Å². The van der Waals surface area contributed by atoms with Crippen LogP contribution in [0, 0.1) is 0 Å². The number of rotatable bonds is 4. The summed E-state index contributed by atoms with van der Waals surface area (Å²) in [7, 11) is 2.16. The van der Waals surface area contributed by atoms with Crippen molar-refractivity contribution in [3.8, 4) is 11.1 Å². The molecule has 4 rings (SSSR count). The molecule has 2 aliphatic rings. The number of nitrogens with zero attached hydrogens (tertiary/aromatic N) is 3. The van der Waals surface area contributed by atoms with E-state index in [0.29, 0.717) is 6.42 Å². The minimum absolute atomic E-state index is 0.0338. The van der Waals surface area contributed by atoms with E-state index in [1.807, 2.05) is 25.1 Å². The first-order chi connectivity index (χ1) is 15.3. The van der Waals surface area contributed by atoms with Crippen molar-refractivity contribution in [2.24, 2.45) is 0 Å². The number of benzene rings is 2. The zero-order valence-corrected chi connectivity index (χ0v) is 19.0. The summed E-state index contributed by atoms with van der Waals surface area (Å²) in [5, 5.41) is 12.0. The molecule has 2 aromatic carbocycles. The fourth-order valence-corrected chi connectivity index (χ4v) is 4.88. The monoisotopic (exact) mass is 436 g/mol. The number of hydrogen-bond acceptors (Lipinski definition) is 4. The summed E-state index contributed by atoms with van der Waals surface area (Å²) in [6.45, 7) is 8.85. The number of carbonyl (C=O) groups excluding carboxylic acids is 1. The molecule has 0 bridgehead atoms. The number of likely N-dealkylation sites (N-methyl/N-ethyl adjacent to an activating group) is 1. The molecule has 2 heterocycles. The lowest BCUT2D eigenvalue weighted by Gasteiger charge is -2.39. The third kappa shape index (κ3) is 4.79. The largest absolute Gasteiger partial charge is 0.465 e. The van der Waals surface area contributed by atoms with Crippen LogP contribution in [-0.4, -0.2) is 66.2 Å². The standard InChI is InChI=1S/C25H32N4O3/c1-17-14-23(26-25(31)32)22-15-21(8-9-24(22)29(17)18(2)30)20-6-4-19(5-7-20)16-28-12-10-27(3)11-13-28/h4-9,15,17,23,26H,10-14,16H2,1-3H3,(H,31,32)/t17-,23+/m0/s1. The van der Waals surface area contributed by atoms with Crippen LogP contribution in [0.1, 0.15) is 37.4 Å². The minimum atomic E-state index is -1.05. The number of hydrogen-bond donors (Lipinski definition) is 2. The van der Waals surface area contributed by atoms with Crippen molar-refractivity contribution in [2.75, 3.05) is 38.1 Å². The van der Waals surface area contributed by atoms with Crippen molar-refractivity contribution in [2.45, 2.75) is 38.9 Å². The molecule has 7 nitrogen and oxygen atoms in total. The maximum absolute atomic E-state index is 12.3. The van der Waals surface area contributed by atoms with Crippen LogP contribution in [0.5, 0.6) is 0 Å². The zero-order chi connectivity index (χ0) is 22.8. The fraction of sp³-hybridized carbons (Fsp3) is 0.440. The molecule has 32 heavy (non-hydrogen) atoms. The lowest BCUT2D eigenvalue weighted by molar-refractivity contribution is -0.117. The minimum Gasteiger partial charge on any atom is -0.465 e. The number of carbonyl (C=O) groups is 2. The quantitative estimate of drug-likeness (QED) is 0.767. The van der Waals surface area contributed by atoms with Crippen LogP contribution in [0.2, 0.25) is 0 Å². The maximum atomic E-state index is 12.3. The first-order valence-electron chi connectivity index (χ1n) is 11.2. The Morgan fingerprint density at radius 2 is 1.69 bits per heavy atom. The van der Waals surface area contributed by atoms with Gasteiger partial charge in [0.25, 0.3) is 0 Å². The molecule has 2 N–H and O–H groups in total. The Labute approximate surface area is 189 Å². The molecular formula is C25H32N4O3. The number of carboxylic acid groups (broad SMARTS) is 1. The van der Waals surface area contributed by atoms with E-state index in [1.165, 1.54) is 5.56 Å². The second kappa shape index (κ2) is 9.30. The lowest BCUT2D eigenvalue weighted by atomic mass is 9.89. The van der Waals surface area contributed by atoms with Crippen LogP contribution < -0.4 is 10.2 Å². The second-order valence-corrected chi connectivity index (χ2v) is 9.03. The van der Waals surface area contributed by atoms with Crippen LogP contribution in [0.15, 0.2) is 42.5 Å². The molecule has 0 radical (unpaired) electrons. The highest BCUT2D eigenvalue weighted by Crippen LogP contribution is 2.39. The zero-order valence-electron chi connectivity index (χ0n) is 19.0. The Balaban J connectivity index is 1.58. The molecule has 0 unspecified atom stereocenters. The molecule has 0 aromatic heterocycles. The van der Waals surface area contributed by atoms with Crippen molar-refractivity contribution in [1.82, 2.24) is 15.1 Å². The van der Waals surface area contributed by atoms with Gasteiger partial charge in [-0.15, -0.1) is 0 Å². The van der Waals surface area contributed by atoms with Crippen molar-refractivity contribution in [1.29, 1.82) is 0 Å². The summed E-state index contributed by atoms with van der Waals surface area (Å²) in [4.78, 5) is 30.2. The second-order valence-electron chi connectivity index (χ2n) is 9.03. The van der Waals surface area contributed by atoms with Gasteiger partial charge in [0.2, 0.25) is 5.91 Å². The van der Waals surface area contributed by atoms with Crippen LogP contribution >= 0.6 is 0 Å². The van der Waals surface area contributed by atoms with Crippen molar-refractivity contribution in [3.05, 3.63) is 53.6 Å². The van der Waals surface area contributed by atoms with Gasteiger partial charge in [-0.2, -0.15) is 0 Å². The number of nitrogens with one attached hydrogen (secondary N) is 1. The topological polar surface area (TPSA) is 76.1 Å². The highest BCUT2D eigenvalue weighted by Gasteiger charge is 2.33. The van der Waals surface area contributed by atoms with Gasteiger partial charge >= 0.3 is 6.09 Å². The van der Waals surface area contributed by atoms with Crippen LogP contribution in [0.25, 0.3) is 11.1 Å². The Morgan fingerprint density at radius 1 is 1.03 bits per heavy atom. The SMILES string of the molecule is CC(=O)N1c2ccc(-c3ccc(CN4CCN(C)CC4)cc3)cc2[C@H](NC(=O)O)C[C@@H]1C. The van der Waals surface area contributed by atoms with Gasteiger partial charge in [-0.1, -0.05) is 30.3 Å². The van der Waals surface area contributed by atoms with E-state index in [2.05, 4.69) is 46.4 Å². The number of fused-ring (bicyclic) bond motifs is 1. The number of anilines is 1. The van der Waals surface area contributed by atoms with Crippen molar-refractivity contribution >= 4 is 17.7 Å². The predicted molar refractivity (Wildman–Crippen MR) is 126 cm³/mol. The molecule has 0 saturated carbocycles. The van der Waals surface area contributed by atoms with Crippen molar-refractivity contribution < 1.29 is 14.7 Å². The molecule has 2 amide bonds. The number of amides is 2. The summed E-state index contributed by atoms with van der Waals surface area (Å²) in [5.41, 5.74) is 5.02. The normalized spacial score (nSPS) is 21.8. The van der Waals surface area contributed by atoms with E-state index >= 15 is 0 Å². The van der Waals surface area contributed by atoms with Gasteiger partial charge in [0, 0.05) is 51.4 Å². The van der Waals surface area contributed by atoms with Gasteiger partial charge in [0.05, 0.1) is 6.04 Å². The molecule has 2 aliphatic heterocycles. The smallest absolute Gasteiger partial charge is 0.405 e. The first kappa shape index (κ1) is 22.3. The van der Waals surface area contributed by atoms with Gasteiger partial charge < -0.3 is 20.2 Å². The maximum Gasteiger partial charge on any atom is 0.405 e. The average molecular weight is 437 g/mol. The van der Waals surface area contributed by atoms with E-state index < -0.39 is 6.09 Å². The van der Waals surface area contributed by atoms with Gasteiger partial charge in [0.15, 0.2) is 0 Å². The Morgan fingerprint density at radius 3 is 2.31 bits per heavy atom. The summed E-state index contributed by atoms with van der Waals surface area (Å²) in [6, 6.07) is 14.2. The Kier molecular flexibility index (Phi) is 6.48. The van der Waals surface area contributed by atoms with Crippen molar-refractivity contribution in [3.63, 3.8) is 0 Å². The van der Waals surface area contributed by atoms with E-state index in [0.717, 1.165) is 55.1 Å². The third-order valence-corrected chi connectivity index (χ3v) is 6.61. The van der Waals surface area contributed by atoms with Gasteiger partial charge in [-0.05, 0) is 54.8 Å². The molecule has 0 aliphatic carbocycles. The van der Waals surface area contributed by atoms with E-state index in [-0.39, 0.29) is 18.0 Å². The highest BCUT2D eigenvalue weighted by atomic mass is 16.4. The Hall–Kier alpha value is -2.90. The lowest BCUT2D eigenvalue weighted by Crippen LogP contribution is -2.45. The third-order valence-electron chi connectivity index (χ3n) is 6.61. The van der Waals surface area contributed by atoms with E-state index in [9.17, 15) is 14.7 Å². The highest BCUT2D eigenvalue weighted by molar-refractivity contribution is 5.94. The summed E-state index contributed by atoms with van der Waals surface area (Å²) < 4.78 is 0. The van der Waals surface area contributed by atoms with Gasteiger partial charge in [-0.25, -0.2) is 4.79 Å². The molecule has 0 spiro atoms. The summed E-state index contributed by atoms with van der Waals surface area (Å²) >= 11 is 0. The Bertz CT molecular complexity index is 983. The molecule has 2 aromatic rings. The molecular weight excluding hydrogens is 404 g/mol. The molecule has 7 heteroatoms. The van der Waals surface area contributed by atoms with Crippen LogP contribution in [-0.2, 0) is 11.3 Å². The first-order valence-corrected chi connectivity index (χ1v) is 11.2. The predicted octanol–water partition coefficient (Wildman–Crippen LogP) is 3.55. The summed E-state index contributed by atoms with van der Waals surface area (Å²) in [5.74, 6) is -0.0338. The molecule has 170 valence electrons. The molecule has 2 atom stereocenters. The van der Waals surface area contributed by atoms with Crippen LogP contribution in [0.3, 0.4) is 0 Å². The average Bonchev–Trinajstić information content (AvgIpc) is 2.75. The summed E-state index contributed by atoms with van der Waals surface area (Å²) in [6.07, 6.45) is -0.505.